The first-order valence-corrected chi connectivity index (χ1v) is 7.72. The van der Waals surface area contributed by atoms with E-state index >= 15 is 0 Å². The number of anilines is 1. The summed E-state index contributed by atoms with van der Waals surface area (Å²) in [5, 5.41) is 14.9. The summed E-state index contributed by atoms with van der Waals surface area (Å²) in [5.41, 5.74) is 0.605. The lowest BCUT2D eigenvalue weighted by atomic mass is 9.93. The largest absolute Gasteiger partial charge is 0.356 e. The van der Waals surface area contributed by atoms with Crippen molar-refractivity contribution < 1.29 is 0 Å². The fraction of sp³-hybridized carbons (Fsp3) is 0.538. The van der Waals surface area contributed by atoms with E-state index in [0.29, 0.717) is 36.2 Å². The average molecular weight is 315 g/mol. The molecule has 0 amide bonds. The molecule has 0 unspecified atom stereocenters. The normalized spacial score (nSPS) is 15.0. The van der Waals surface area contributed by atoms with E-state index in [0.717, 1.165) is 18.7 Å². The third kappa shape index (κ3) is 2.35. The number of hydrogen-bond donors (Lipinski definition) is 2. The van der Waals surface area contributed by atoms with E-state index in [1.807, 2.05) is 11.6 Å². The third-order valence-electron chi connectivity index (χ3n) is 4.12. The van der Waals surface area contributed by atoms with E-state index in [2.05, 4.69) is 35.8 Å². The minimum atomic E-state index is -0.230. The van der Waals surface area contributed by atoms with Crippen LogP contribution < -0.4 is 10.9 Å². The van der Waals surface area contributed by atoms with Crippen LogP contribution in [0.5, 0.6) is 0 Å². The van der Waals surface area contributed by atoms with Gasteiger partial charge < -0.3 is 9.88 Å². The van der Waals surface area contributed by atoms with Crippen LogP contribution in [-0.2, 0) is 6.54 Å². The Hall–Kier alpha value is -2.78. The molecule has 0 atom stereocenters. The van der Waals surface area contributed by atoms with Gasteiger partial charge in [-0.25, -0.2) is 9.67 Å². The Bertz CT molecular complexity index is 888. The summed E-state index contributed by atoms with van der Waals surface area (Å²) in [7, 11) is 0. The van der Waals surface area contributed by atoms with E-state index in [1.54, 1.807) is 10.9 Å². The van der Waals surface area contributed by atoms with Crippen LogP contribution in [-0.4, -0.2) is 46.3 Å². The number of nitrogens with one attached hydrogen (secondary N) is 2. The van der Waals surface area contributed by atoms with Crippen LogP contribution in [0.3, 0.4) is 0 Å². The summed E-state index contributed by atoms with van der Waals surface area (Å²) in [6, 6.07) is 0.367. The second-order valence-corrected chi connectivity index (χ2v) is 5.61. The Balaban J connectivity index is 1.70. The van der Waals surface area contributed by atoms with Crippen LogP contribution in [0.1, 0.15) is 38.1 Å². The Morgan fingerprint density at radius 3 is 3.04 bits per heavy atom. The molecule has 3 heterocycles. The molecule has 4 rings (SSSR count). The number of rotatable bonds is 5. The molecule has 2 N–H and O–H groups in total. The van der Waals surface area contributed by atoms with E-state index in [9.17, 15) is 4.79 Å². The number of nitrogens with zero attached hydrogens (tertiary/aromatic N) is 7. The predicted molar refractivity (Wildman–Crippen MR) is 82.1 cm³/mol. The summed E-state index contributed by atoms with van der Waals surface area (Å²) < 4.78 is 3.59. The molecule has 23 heavy (non-hydrogen) atoms. The summed E-state index contributed by atoms with van der Waals surface area (Å²) in [6.45, 7) is 3.00. The first-order valence-electron chi connectivity index (χ1n) is 7.72. The smallest absolute Gasteiger partial charge is 0.278 e. The van der Waals surface area contributed by atoms with Gasteiger partial charge in [0.05, 0.1) is 18.9 Å². The maximum Gasteiger partial charge on any atom is 0.278 e. The lowest BCUT2D eigenvalue weighted by Crippen LogP contribution is -2.22. The van der Waals surface area contributed by atoms with Crippen molar-refractivity contribution in [3.63, 3.8) is 0 Å². The van der Waals surface area contributed by atoms with Crippen LogP contribution >= 0.6 is 0 Å². The molecule has 0 radical (unpaired) electrons. The van der Waals surface area contributed by atoms with E-state index < -0.39 is 0 Å². The fourth-order valence-electron chi connectivity index (χ4n) is 2.74. The molecule has 120 valence electrons. The van der Waals surface area contributed by atoms with Gasteiger partial charge in [0.15, 0.2) is 17.0 Å². The lowest BCUT2D eigenvalue weighted by molar-refractivity contribution is 0.276. The van der Waals surface area contributed by atoms with Crippen LogP contribution in [0.15, 0.2) is 11.1 Å². The molecule has 1 saturated carbocycles. The predicted octanol–water partition coefficient (Wildman–Crippen LogP) is 0.311. The van der Waals surface area contributed by atoms with Crippen LogP contribution in [0.25, 0.3) is 11.2 Å². The van der Waals surface area contributed by atoms with Crippen LogP contribution in [0.4, 0.5) is 5.95 Å². The van der Waals surface area contributed by atoms with Gasteiger partial charge >= 0.3 is 0 Å². The minimum absolute atomic E-state index is 0.230. The van der Waals surface area contributed by atoms with Gasteiger partial charge in [-0.1, -0.05) is 0 Å². The SMILES string of the molecule is CCNc1nc2ncn(Cc3nnnn3C3CCC3)c2c(=O)[nH]1. The molecule has 10 nitrogen and oxygen atoms in total. The van der Waals surface area contributed by atoms with Gasteiger partial charge in [-0.05, 0) is 36.6 Å². The molecule has 0 aromatic carbocycles. The van der Waals surface area contributed by atoms with E-state index in [4.69, 9.17) is 0 Å². The Labute approximate surface area is 130 Å². The van der Waals surface area contributed by atoms with Gasteiger partial charge in [0.25, 0.3) is 5.56 Å². The van der Waals surface area contributed by atoms with Crippen molar-refractivity contribution >= 4 is 17.1 Å². The molecular formula is C13H17N9O. The molecule has 0 aliphatic heterocycles. The van der Waals surface area contributed by atoms with Crippen molar-refractivity contribution in [3.05, 3.63) is 22.5 Å². The second-order valence-electron chi connectivity index (χ2n) is 5.61. The van der Waals surface area contributed by atoms with Crippen LogP contribution in [0, 0.1) is 0 Å². The highest BCUT2D eigenvalue weighted by atomic mass is 16.1. The standard InChI is InChI=1S/C13H17N9O/c1-2-14-13-16-11-10(12(23)17-13)21(7-15-11)6-9-18-19-20-22(9)8-4-3-5-8/h7-8H,2-6H2,1H3,(H2,14,16,17,23). The van der Waals surface area contributed by atoms with Crippen molar-refractivity contribution in [1.82, 2.24) is 39.7 Å². The molecule has 1 aliphatic carbocycles. The summed E-state index contributed by atoms with van der Waals surface area (Å²) in [4.78, 5) is 23.6. The molecule has 0 saturated heterocycles. The van der Waals surface area contributed by atoms with Crippen molar-refractivity contribution in [2.24, 2.45) is 0 Å². The molecule has 10 heteroatoms. The molecule has 1 fully saturated rings. The number of tetrazole rings is 1. The number of aromatic amines is 1. The first-order chi connectivity index (χ1) is 11.3. The highest BCUT2D eigenvalue weighted by molar-refractivity contribution is 5.70. The van der Waals surface area contributed by atoms with Gasteiger partial charge in [-0.15, -0.1) is 5.10 Å². The maximum absolute atomic E-state index is 12.3. The minimum Gasteiger partial charge on any atom is -0.356 e. The van der Waals surface area contributed by atoms with Gasteiger partial charge in [-0.3, -0.25) is 9.78 Å². The van der Waals surface area contributed by atoms with Crippen molar-refractivity contribution in [2.45, 2.75) is 38.8 Å². The number of fused-ring (bicyclic) bond motifs is 1. The molecule has 3 aromatic rings. The first kappa shape index (κ1) is 13.9. The number of H-pyrrole nitrogens is 1. The van der Waals surface area contributed by atoms with Gasteiger partial charge in [0, 0.05) is 6.54 Å². The Morgan fingerprint density at radius 1 is 1.43 bits per heavy atom. The lowest BCUT2D eigenvalue weighted by Gasteiger charge is -2.25. The van der Waals surface area contributed by atoms with Crippen molar-refractivity contribution in [1.29, 1.82) is 0 Å². The van der Waals surface area contributed by atoms with Crippen molar-refractivity contribution in [3.8, 4) is 0 Å². The highest BCUT2D eigenvalue weighted by Gasteiger charge is 2.24. The summed E-state index contributed by atoms with van der Waals surface area (Å²) in [6.07, 6.45) is 4.99. The zero-order valence-corrected chi connectivity index (χ0v) is 12.7. The molecule has 0 bridgehead atoms. The highest BCUT2D eigenvalue weighted by Crippen LogP contribution is 2.31. The molecular weight excluding hydrogens is 298 g/mol. The van der Waals surface area contributed by atoms with Gasteiger partial charge in [0.2, 0.25) is 5.95 Å². The van der Waals surface area contributed by atoms with E-state index in [1.165, 1.54) is 6.42 Å². The third-order valence-corrected chi connectivity index (χ3v) is 4.12. The Morgan fingerprint density at radius 2 is 2.30 bits per heavy atom. The zero-order chi connectivity index (χ0) is 15.8. The molecule has 0 spiro atoms. The Kier molecular flexibility index (Phi) is 3.28. The monoisotopic (exact) mass is 315 g/mol. The fourth-order valence-corrected chi connectivity index (χ4v) is 2.74. The van der Waals surface area contributed by atoms with Crippen molar-refractivity contribution in [2.75, 3.05) is 11.9 Å². The zero-order valence-electron chi connectivity index (χ0n) is 12.7. The summed E-state index contributed by atoms with van der Waals surface area (Å²) in [5.74, 6) is 1.15. The quantitative estimate of drug-likeness (QED) is 0.695. The summed E-state index contributed by atoms with van der Waals surface area (Å²) >= 11 is 0. The number of imidazole rings is 1. The maximum atomic E-state index is 12.3. The number of hydrogen-bond acceptors (Lipinski definition) is 7. The average Bonchev–Trinajstić information content (AvgIpc) is 3.06. The van der Waals surface area contributed by atoms with Gasteiger partial charge in [0.1, 0.15) is 0 Å². The molecule has 3 aromatic heterocycles. The topological polar surface area (TPSA) is 119 Å². The number of aromatic nitrogens is 8. The van der Waals surface area contributed by atoms with Gasteiger partial charge in [-0.2, -0.15) is 4.98 Å². The van der Waals surface area contributed by atoms with Crippen LogP contribution in [0.2, 0.25) is 0 Å². The van der Waals surface area contributed by atoms with E-state index in [-0.39, 0.29) is 5.56 Å². The second kappa shape index (κ2) is 5.45. The molecule has 1 aliphatic rings.